The molecule has 30 heavy (non-hydrogen) atoms. The van der Waals surface area contributed by atoms with Gasteiger partial charge in [-0.25, -0.2) is 0 Å². The predicted octanol–water partition coefficient (Wildman–Crippen LogP) is 6.49. The van der Waals surface area contributed by atoms with E-state index in [2.05, 4.69) is 37.5 Å². The summed E-state index contributed by atoms with van der Waals surface area (Å²) >= 11 is 12.5. The lowest BCUT2D eigenvalue weighted by molar-refractivity contribution is -0.110. The number of hydrogen-bond donors (Lipinski definition) is 0. The molecule has 156 valence electrons. The van der Waals surface area contributed by atoms with Crippen molar-refractivity contribution in [2.24, 2.45) is 0 Å². The van der Waals surface area contributed by atoms with Gasteiger partial charge in [-0.1, -0.05) is 50.9 Å². The number of hydrogen-bond acceptors (Lipinski definition) is 3. The number of fused-ring (bicyclic) bond motifs is 2. The molecule has 3 nitrogen and oxygen atoms in total. The van der Waals surface area contributed by atoms with Crippen molar-refractivity contribution in [2.45, 2.75) is 38.5 Å². The summed E-state index contributed by atoms with van der Waals surface area (Å²) in [6.07, 6.45) is 3.50. The molecule has 2 aliphatic rings. The van der Waals surface area contributed by atoms with Gasteiger partial charge in [0.1, 0.15) is 0 Å². The van der Waals surface area contributed by atoms with Crippen LogP contribution in [0.1, 0.15) is 38.8 Å². The Balaban J connectivity index is 1.73. The monoisotopic (exact) mass is 440 g/mol. The molecule has 5 heteroatoms. The average Bonchev–Trinajstić information content (AvgIpc) is 2.96. The highest BCUT2D eigenvalue weighted by Gasteiger charge is 2.41. The number of carbonyl (C=O) groups is 1. The van der Waals surface area contributed by atoms with Gasteiger partial charge in [-0.2, -0.15) is 0 Å². The predicted molar refractivity (Wildman–Crippen MR) is 127 cm³/mol. The van der Waals surface area contributed by atoms with E-state index in [0.717, 1.165) is 33.9 Å². The second kappa shape index (κ2) is 6.90. The van der Waals surface area contributed by atoms with Gasteiger partial charge in [-0.15, -0.1) is 0 Å². The van der Waals surface area contributed by atoms with Gasteiger partial charge in [0.15, 0.2) is 5.78 Å². The number of benzene rings is 2. The number of halogens is 2. The number of likely N-dealkylation sites (N-methyl/N-ethyl adjacent to an activating group) is 2. The van der Waals surface area contributed by atoms with E-state index >= 15 is 0 Å². The summed E-state index contributed by atoms with van der Waals surface area (Å²) in [6, 6.07) is 11.8. The van der Waals surface area contributed by atoms with Crippen LogP contribution in [0.3, 0.4) is 0 Å². The van der Waals surface area contributed by atoms with Gasteiger partial charge in [-0.05, 0) is 47.5 Å². The van der Waals surface area contributed by atoms with E-state index in [9.17, 15) is 4.79 Å². The summed E-state index contributed by atoms with van der Waals surface area (Å²) < 4.78 is 0. The SMILES string of the molecule is CN1/C(=C/C(=O)/C=C2/N(C)c3ccc(Cl)cc3C2(C)C)C(C)(C)c2cc(Cl)ccc21. The topological polar surface area (TPSA) is 23.6 Å². The Hall–Kier alpha value is -2.23. The lowest BCUT2D eigenvalue weighted by atomic mass is 9.82. The summed E-state index contributed by atoms with van der Waals surface area (Å²) in [7, 11) is 3.99. The van der Waals surface area contributed by atoms with Crippen LogP contribution in [0, 0.1) is 0 Å². The third-order valence-corrected chi connectivity index (χ3v) is 7.02. The number of carbonyl (C=O) groups excluding carboxylic acids is 1. The summed E-state index contributed by atoms with van der Waals surface area (Å²) in [5.74, 6) is -0.0299. The Morgan fingerprint density at radius 1 is 0.767 bits per heavy atom. The molecule has 0 radical (unpaired) electrons. The quantitative estimate of drug-likeness (QED) is 0.498. The summed E-state index contributed by atoms with van der Waals surface area (Å²) in [5.41, 5.74) is 5.72. The minimum absolute atomic E-state index is 0.0299. The smallest absolute Gasteiger partial charge is 0.182 e. The van der Waals surface area contributed by atoms with Gasteiger partial charge >= 0.3 is 0 Å². The molecular weight excluding hydrogens is 415 g/mol. The van der Waals surface area contributed by atoms with Crippen molar-refractivity contribution in [1.82, 2.24) is 0 Å². The van der Waals surface area contributed by atoms with Gasteiger partial charge in [0.25, 0.3) is 0 Å². The zero-order valence-corrected chi connectivity index (χ0v) is 19.7. The number of ketones is 1. The van der Waals surface area contributed by atoms with Crippen LogP contribution >= 0.6 is 23.2 Å². The van der Waals surface area contributed by atoms with E-state index in [1.165, 1.54) is 0 Å². The lowest BCUT2D eigenvalue weighted by Crippen LogP contribution is -2.25. The molecule has 2 aliphatic heterocycles. The molecule has 2 aromatic carbocycles. The fourth-order valence-corrected chi connectivity index (χ4v) is 5.19. The maximum absolute atomic E-state index is 13.2. The number of nitrogens with zero attached hydrogens (tertiary/aromatic N) is 2. The van der Waals surface area contributed by atoms with Crippen LogP contribution in [0.4, 0.5) is 11.4 Å². The van der Waals surface area contributed by atoms with E-state index in [4.69, 9.17) is 23.2 Å². The average molecular weight is 441 g/mol. The minimum Gasteiger partial charge on any atom is -0.347 e. The third-order valence-electron chi connectivity index (χ3n) is 6.55. The Labute approximate surface area is 188 Å². The summed E-state index contributed by atoms with van der Waals surface area (Å²) in [5, 5.41) is 1.41. The van der Waals surface area contributed by atoms with Crippen LogP contribution in [0.2, 0.25) is 10.0 Å². The van der Waals surface area contributed by atoms with Gasteiger partial charge in [0.05, 0.1) is 0 Å². The normalized spacial score (nSPS) is 21.3. The Morgan fingerprint density at radius 2 is 1.13 bits per heavy atom. The van der Waals surface area contributed by atoms with E-state index < -0.39 is 0 Å². The zero-order chi connectivity index (χ0) is 22.0. The molecule has 0 spiro atoms. The summed E-state index contributed by atoms with van der Waals surface area (Å²) in [6.45, 7) is 8.51. The number of allylic oxidation sites excluding steroid dienone is 4. The summed E-state index contributed by atoms with van der Waals surface area (Å²) in [4.78, 5) is 17.4. The zero-order valence-electron chi connectivity index (χ0n) is 18.2. The van der Waals surface area contributed by atoms with Crippen LogP contribution in [0.25, 0.3) is 0 Å². The van der Waals surface area contributed by atoms with E-state index in [0.29, 0.717) is 10.0 Å². The molecule has 0 saturated heterocycles. The molecule has 0 atom stereocenters. The van der Waals surface area contributed by atoms with Gasteiger partial charge < -0.3 is 9.80 Å². The first-order chi connectivity index (χ1) is 13.9. The van der Waals surface area contributed by atoms with Gasteiger partial charge in [0, 0.05) is 69.9 Å². The van der Waals surface area contributed by atoms with Crippen LogP contribution in [0.5, 0.6) is 0 Å². The van der Waals surface area contributed by atoms with E-state index in [1.807, 2.05) is 50.5 Å². The number of rotatable bonds is 2. The first-order valence-corrected chi connectivity index (χ1v) is 10.8. The van der Waals surface area contributed by atoms with Crippen molar-refractivity contribution in [1.29, 1.82) is 0 Å². The molecule has 0 fully saturated rings. The van der Waals surface area contributed by atoms with Crippen molar-refractivity contribution in [2.75, 3.05) is 23.9 Å². The van der Waals surface area contributed by atoms with Crippen molar-refractivity contribution < 1.29 is 4.79 Å². The molecule has 0 aromatic heterocycles. The standard InChI is InChI=1S/C25H26Cl2N2O/c1-24(2)18-11-15(26)7-9-20(18)28(5)22(24)13-17(30)14-23-25(3,4)19-12-16(27)8-10-21(19)29(23)6/h7-14H,1-6H3/b22-13+,23-14+. The lowest BCUT2D eigenvalue weighted by Gasteiger charge is -2.25. The van der Waals surface area contributed by atoms with Crippen LogP contribution in [-0.2, 0) is 15.6 Å². The van der Waals surface area contributed by atoms with Crippen molar-refractivity contribution >= 4 is 40.4 Å². The number of anilines is 2. The van der Waals surface area contributed by atoms with Crippen molar-refractivity contribution in [3.8, 4) is 0 Å². The van der Waals surface area contributed by atoms with E-state index in [-0.39, 0.29) is 16.6 Å². The minimum atomic E-state index is -0.309. The van der Waals surface area contributed by atoms with Crippen LogP contribution < -0.4 is 9.80 Å². The van der Waals surface area contributed by atoms with Crippen LogP contribution in [-0.4, -0.2) is 19.9 Å². The maximum atomic E-state index is 13.2. The van der Waals surface area contributed by atoms with E-state index in [1.54, 1.807) is 12.2 Å². The molecular formula is C25H26Cl2N2O. The third kappa shape index (κ3) is 3.07. The first kappa shape index (κ1) is 21.0. The van der Waals surface area contributed by atoms with Gasteiger partial charge in [0.2, 0.25) is 0 Å². The molecule has 0 N–H and O–H groups in total. The molecule has 0 amide bonds. The molecule has 0 saturated carbocycles. The Kier molecular flexibility index (Phi) is 4.83. The van der Waals surface area contributed by atoms with Crippen molar-refractivity contribution in [3.05, 3.63) is 81.1 Å². The first-order valence-electron chi connectivity index (χ1n) is 10.0. The highest BCUT2D eigenvalue weighted by Crippen LogP contribution is 2.49. The molecule has 0 aliphatic carbocycles. The highest BCUT2D eigenvalue weighted by molar-refractivity contribution is 6.31. The van der Waals surface area contributed by atoms with Crippen LogP contribution in [0.15, 0.2) is 59.9 Å². The molecule has 4 rings (SSSR count). The van der Waals surface area contributed by atoms with Crippen molar-refractivity contribution in [3.63, 3.8) is 0 Å². The molecule has 0 bridgehead atoms. The molecule has 2 aromatic rings. The highest BCUT2D eigenvalue weighted by atomic mass is 35.5. The van der Waals surface area contributed by atoms with Gasteiger partial charge in [-0.3, -0.25) is 4.79 Å². The molecule has 0 unspecified atom stereocenters. The largest absolute Gasteiger partial charge is 0.347 e. The maximum Gasteiger partial charge on any atom is 0.182 e. The second-order valence-corrected chi connectivity index (χ2v) is 10.0. The Bertz CT molecular complexity index is 1040. The Morgan fingerprint density at radius 3 is 1.50 bits per heavy atom. The molecule has 2 heterocycles. The second-order valence-electron chi connectivity index (χ2n) is 9.15. The fourth-order valence-electron chi connectivity index (χ4n) is 4.84. The fraction of sp³-hybridized carbons (Fsp3) is 0.320.